The molecule has 0 heterocycles. The molecule has 1 saturated carbocycles. The number of alkyl halides is 3. The molecular formula is C14H25F3N2O2. The highest BCUT2D eigenvalue weighted by Crippen LogP contribution is 2.24. The zero-order valence-corrected chi connectivity index (χ0v) is 12.6. The first-order valence-electron chi connectivity index (χ1n) is 7.41. The standard InChI is InChI=1S/C14H25F3N2O2/c1-9(2)6-12(18)13(20)19-10-4-3-5-11(7-10)21-8-14(15,16)17/h9-12H,3-8,18H2,1-2H3,(H,19,20)/t10?,11?,12-/m1/s1. The highest BCUT2D eigenvalue weighted by molar-refractivity contribution is 5.81. The normalized spacial score (nSPS) is 24.9. The van der Waals surface area contributed by atoms with Crippen LogP contribution in [0, 0.1) is 5.92 Å². The maximum absolute atomic E-state index is 12.1. The Bertz CT molecular complexity index is 335. The van der Waals surface area contributed by atoms with Crippen molar-refractivity contribution in [3.05, 3.63) is 0 Å². The maximum atomic E-state index is 12.1. The summed E-state index contributed by atoms with van der Waals surface area (Å²) < 4.78 is 41.3. The van der Waals surface area contributed by atoms with Gasteiger partial charge in [-0.25, -0.2) is 0 Å². The molecule has 1 aliphatic carbocycles. The Balaban J connectivity index is 2.37. The molecule has 0 saturated heterocycles. The van der Waals surface area contributed by atoms with Crippen molar-refractivity contribution in [1.29, 1.82) is 0 Å². The van der Waals surface area contributed by atoms with Crippen molar-refractivity contribution in [2.75, 3.05) is 6.61 Å². The zero-order chi connectivity index (χ0) is 16.0. The zero-order valence-electron chi connectivity index (χ0n) is 12.6. The van der Waals surface area contributed by atoms with Gasteiger partial charge in [0.1, 0.15) is 6.61 Å². The fraction of sp³-hybridized carbons (Fsp3) is 0.929. The lowest BCUT2D eigenvalue weighted by molar-refractivity contribution is -0.188. The summed E-state index contributed by atoms with van der Waals surface area (Å²) in [7, 11) is 0. The predicted octanol–water partition coefficient (Wildman–Crippen LogP) is 2.37. The molecule has 3 atom stereocenters. The topological polar surface area (TPSA) is 64.4 Å². The fourth-order valence-corrected chi connectivity index (χ4v) is 2.56. The Hall–Kier alpha value is -0.820. The first-order chi connectivity index (χ1) is 9.67. The summed E-state index contributed by atoms with van der Waals surface area (Å²) in [6.45, 7) is 2.73. The molecule has 0 radical (unpaired) electrons. The summed E-state index contributed by atoms with van der Waals surface area (Å²) >= 11 is 0. The minimum absolute atomic E-state index is 0.150. The fourth-order valence-electron chi connectivity index (χ4n) is 2.56. The SMILES string of the molecule is CC(C)C[C@@H](N)C(=O)NC1CCCC(OCC(F)(F)F)C1. The highest BCUT2D eigenvalue weighted by atomic mass is 19.4. The van der Waals surface area contributed by atoms with Crippen LogP contribution in [0.1, 0.15) is 46.0 Å². The van der Waals surface area contributed by atoms with Crippen LogP contribution in [-0.4, -0.2) is 36.9 Å². The smallest absolute Gasteiger partial charge is 0.369 e. The maximum Gasteiger partial charge on any atom is 0.411 e. The summed E-state index contributed by atoms with van der Waals surface area (Å²) in [6, 6.07) is -0.718. The molecule has 124 valence electrons. The van der Waals surface area contributed by atoms with Crippen LogP contribution in [0.15, 0.2) is 0 Å². The van der Waals surface area contributed by atoms with Gasteiger partial charge in [0.15, 0.2) is 0 Å². The van der Waals surface area contributed by atoms with E-state index in [9.17, 15) is 18.0 Å². The molecule has 1 fully saturated rings. The van der Waals surface area contributed by atoms with Gasteiger partial charge in [0.2, 0.25) is 5.91 Å². The van der Waals surface area contributed by atoms with Gasteiger partial charge in [-0.1, -0.05) is 13.8 Å². The van der Waals surface area contributed by atoms with Gasteiger partial charge in [0.05, 0.1) is 12.1 Å². The monoisotopic (exact) mass is 310 g/mol. The van der Waals surface area contributed by atoms with E-state index in [-0.39, 0.29) is 11.9 Å². The summed E-state index contributed by atoms with van der Waals surface area (Å²) in [5, 5.41) is 2.83. The lowest BCUT2D eigenvalue weighted by atomic mass is 9.92. The molecular weight excluding hydrogens is 285 g/mol. The van der Waals surface area contributed by atoms with Gasteiger partial charge in [-0.3, -0.25) is 4.79 Å². The highest BCUT2D eigenvalue weighted by Gasteiger charge is 2.31. The molecule has 0 bridgehead atoms. The molecule has 3 N–H and O–H groups in total. The van der Waals surface area contributed by atoms with Crippen molar-refractivity contribution in [3.8, 4) is 0 Å². The van der Waals surface area contributed by atoms with Crippen molar-refractivity contribution >= 4 is 5.91 Å². The first kappa shape index (κ1) is 18.2. The van der Waals surface area contributed by atoms with Gasteiger partial charge in [-0.05, 0) is 38.0 Å². The summed E-state index contributed by atoms with van der Waals surface area (Å²) in [5.74, 6) is 0.0881. The number of carbonyl (C=O) groups is 1. The third kappa shape index (κ3) is 7.66. The molecule has 7 heteroatoms. The number of ether oxygens (including phenoxy) is 1. The van der Waals surface area contributed by atoms with E-state index in [0.717, 1.165) is 12.8 Å². The van der Waals surface area contributed by atoms with E-state index in [1.54, 1.807) is 0 Å². The van der Waals surface area contributed by atoms with Crippen molar-refractivity contribution in [2.45, 2.75) is 70.3 Å². The van der Waals surface area contributed by atoms with Crippen LogP contribution in [0.3, 0.4) is 0 Å². The van der Waals surface area contributed by atoms with E-state index in [1.807, 2.05) is 13.8 Å². The van der Waals surface area contributed by atoms with Gasteiger partial charge < -0.3 is 15.8 Å². The lowest BCUT2D eigenvalue weighted by Gasteiger charge is -2.30. The summed E-state index contributed by atoms with van der Waals surface area (Å²) in [4.78, 5) is 11.9. The van der Waals surface area contributed by atoms with E-state index in [2.05, 4.69) is 5.32 Å². The van der Waals surface area contributed by atoms with E-state index < -0.39 is 24.9 Å². The van der Waals surface area contributed by atoms with Gasteiger partial charge in [-0.2, -0.15) is 13.2 Å². The number of rotatable bonds is 6. The van der Waals surface area contributed by atoms with Crippen LogP contribution in [0.5, 0.6) is 0 Å². The predicted molar refractivity (Wildman–Crippen MR) is 73.6 cm³/mol. The third-order valence-electron chi connectivity index (χ3n) is 3.52. The quantitative estimate of drug-likeness (QED) is 0.791. The average Bonchev–Trinajstić information content (AvgIpc) is 2.35. The second-order valence-corrected chi connectivity index (χ2v) is 6.16. The minimum Gasteiger partial charge on any atom is -0.369 e. The lowest BCUT2D eigenvalue weighted by Crippen LogP contribution is -2.48. The van der Waals surface area contributed by atoms with Crippen LogP contribution in [-0.2, 0) is 9.53 Å². The van der Waals surface area contributed by atoms with Crippen LogP contribution in [0.4, 0.5) is 13.2 Å². The molecule has 0 spiro atoms. The van der Waals surface area contributed by atoms with Gasteiger partial charge in [0.25, 0.3) is 0 Å². The molecule has 0 aromatic heterocycles. The van der Waals surface area contributed by atoms with E-state index >= 15 is 0 Å². The number of halogens is 3. The molecule has 2 unspecified atom stereocenters. The number of nitrogens with one attached hydrogen (secondary N) is 1. The van der Waals surface area contributed by atoms with Crippen molar-refractivity contribution < 1.29 is 22.7 Å². The molecule has 1 aliphatic rings. The van der Waals surface area contributed by atoms with Gasteiger partial charge in [-0.15, -0.1) is 0 Å². The van der Waals surface area contributed by atoms with Crippen molar-refractivity contribution in [3.63, 3.8) is 0 Å². The Kier molecular flexibility index (Phi) is 6.93. The number of hydrogen-bond acceptors (Lipinski definition) is 3. The first-order valence-corrected chi connectivity index (χ1v) is 7.41. The Morgan fingerprint density at radius 3 is 2.62 bits per heavy atom. The van der Waals surface area contributed by atoms with Crippen molar-refractivity contribution in [2.24, 2.45) is 11.7 Å². The van der Waals surface area contributed by atoms with Crippen LogP contribution < -0.4 is 11.1 Å². The molecule has 4 nitrogen and oxygen atoms in total. The van der Waals surface area contributed by atoms with Crippen LogP contribution in [0.2, 0.25) is 0 Å². The number of nitrogens with two attached hydrogens (primary N) is 1. The molecule has 0 aliphatic heterocycles. The molecule has 21 heavy (non-hydrogen) atoms. The molecule has 0 aromatic rings. The Labute approximate surface area is 123 Å². The second-order valence-electron chi connectivity index (χ2n) is 6.16. The number of amides is 1. The number of carbonyl (C=O) groups excluding carboxylic acids is 1. The molecule has 0 aromatic carbocycles. The van der Waals surface area contributed by atoms with Gasteiger partial charge in [0, 0.05) is 6.04 Å². The van der Waals surface area contributed by atoms with E-state index in [1.165, 1.54) is 0 Å². The number of hydrogen-bond donors (Lipinski definition) is 2. The van der Waals surface area contributed by atoms with Crippen LogP contribution in [0.25, 0.3) is 0 Å². The van der Waals surface area contributed by atoms with Gasteiger partial charge >= 0.3 is 6.18 Å². The summed E-state index contributed by atoms with van der Waals surface area (Å²) in [5.41, 5.74) is 5.79. The van der Waals surface area contributed by atoms with Crippen molar-refractivity contribution in [1.82, 2.24) is 5.32 Å². The Morgan fingerprint density at radius 2 is 2.05 bits per heavy atom. The Morgan fingerprint density at radius 1 is 1.38 bits per heavy atom. The van der Waals surface area contributed by atoms with E-state index in [0.29, 0.717) is 25.2 Å². The summed E-state index contributed by atoms with van der Waals surface area (Å²) in [6.07, 6.45) is -1.66. The van der Waals surface area contributed by atoms with E-state index in [4.69, 9.17) is 10.5 Å². The minimum atomic E-state index is -4.31. The average molecular weight is 310 g/mol. The molecule has 1 amide bonds. The van der Waals surface area contributed by atoms with Crippen LogP contribution >= 0.6 is 0 Å². The second kappa shape index (κ2) is 7.98. The third-order valence-corrected chi connectivity index (χ3v) is 3.52. The largest absolute Gasteiger partial charge is 0.411 e. The molecule has 1 rings (SSSR count).